The zero-order valence-corrected chi connectivity index (χ0v) is 12.0. The van der Waals surface area contributed by atoms with E-state index in [9.17, 15) is 9.36 Å². The molecule has 2 aromatic heterocycles. The number of fused-ring (bicyclic) bond motifs is 1. The summed E-state index contributed by atoms with van der Waals surface area (Å²) in [5, 5.41) is 4.30. The van der Waals surface area contributed by atoms with Crippen molar-refractivity contribution >= 4 is 24.6 Å². The van der Waals surface area contributed by atoms with Crippen LogP contribution in [-0.4, -0.2) is 42.3 Å². The highest BCUT2D eigenvalue weighted by atomic mass is 31.2. The Morgan fingerprint density at radius 3 is 2.90 bits per heavy atom. The van der Waals surface area contributed by atoms with Crippen LogP contribution in [0.25, 0.3) is 11.0 Å². The normalized spacial score (nSPS) is 12.1. The van der Waals surface area contributed by atoms with Crippen LogP contribution >= 0.6 is 7.60 Å². The molecule has 2 heterocycles. The van der Waals surface area contributed by atoms with E-state index in [4.69, 9.17) is 20.3 Å². The van der Waals surface area contributed by atoms with Crippen molar-refractivity contribution in [3.63, 3.8) is 0 Å². The Morgan fingerprint density at radius 1 is 1.43 bits per heavy atom. The third-order valence-electron chi connectivity index (χ3n) is 2.73. The summed E-state index contributed by atoms with van der Waals surface area (Å²) < 4.78 is 17.4. The van der Waals surface area contributed by atoms with Gasteiger partial charge in [0, 0.05) is 12.8 Å². The summed E-state index contributed by atoms with van der Waals surface area (Å²) in [6, 6.07) is 0. The van der Waals surface area contributed by atoms with E-state index in [1.165, 1.54) is 10.9 Å². The van der Waals surface area contributed by atoms with Crippen LogP contribution in [0.3, 0.4) is 0 Å². The molecule has 0 aliphatic carbocycles. The molecule has 0 atom stereocenters. The zero-order valence-electron chi connectivity index (χ0n) is 11.1. The molecule has 0 amide bonds. The largest absolute Gasteiger partial charge is 0.369 e. The minimum absolute atomic E-state index is 0.00380. The third kappa shape index (κ3) is 4.36. The molecule has 0 saturated carbocycles. The molecule has 11 heteroatoms. The molecule has 21 heavy (non-hydrogen) atoms. The van der Waals surface area contributed by atoms with Crippen molar-refractivity contribution in [3.05, 3.63) is 16.6 Å². The topological polar surface area (TPSA) is 156 Å². The number of aromatic nitrogens is 4. The molecular formula is C10H16N5O5P. The van der Waals surface area contributed by atoms with Gasteiger partial charge in [-0.1, -0.05) is 0 Å². The molecule has 0 radical (unpaired) electrons. The molecule has 0 aliphatic heterocycles. The highest BCUT2D eigenvalue weighted by Gasteiger charge is 2.11. The second-order valence-corrected chi connectivity index (χ2v) is 6.24. The van der Waals surface area contributed by atoms with Crippen LogP contribution in [0.4, 0.5) is 5.95 Å². The van der Waals surface area contributed by atoms with Crippen molar-refractivity contribution in [3.8, 4) is 0 Å². The van der Waals surface area contributed by atoms with Crippen molar-refractivity contribution in [1.29, 1.82) is 0 Å². The van der Waals surface area contributed by atoms with Gasteiger partial charge < -0.3 is 20.3 Å². The number of nitrogen functional groups attached to an aromatic ring is 1. The van der Waals surface area contributed by atoms with Crippen molar-refractivity contribution in [2.45, 2.75) is 19.6 Å². The minimum atomic E-state index is -3.94. The molecule has 0 unspecified atom stereocenters. The van der Waals surface area contributed by atoms with E-state index in [2.05, 4.69) is 15.1 Å². The first-order chi connectivity index (χ1) is 9.87. The average Bonchev–Trinajstić information content (AvgIpc) is 2.75. The van der Waals surface area contributed by atoms with Crippen LogP contribution in [-0.2, 0) is 16.0 Å². The van der Waals surface area contributed by atoms with Crippen LogP contribution in [0.2, 0.25) is 0 Å². The number of anilines is 1. The number of unbranched alkanes of at least 4 members (excludes halogenated alkanes) is 1. The van der Waals surface area contributed by atoms with Gasteiger partial charge in [0.25, 0.3) is 5.56 Å². The smallest absolute Gasteiger partial charge is 0.325 e. The lowest BCUT2D eigenvalue weighted by molar-refractivity contribution is 0.0693. The highest BCUT2D eigenvalue weighted by Crippen LogP contribution is 2.35. The molecule has 0 aromatic carbocycles. The summed E-state index contributed by atoms with van der Waals surface area (Å²) in [4.78, 5) is 35.3. The second kappa shape index (κ2) is 6.35. The number of nitrogens with one attached hydrogen (secondary N) is 1. The van der Waals surface area contributed by atoms with Gasteiger partial charge in [0.1, 0.15) is 12.1 Å². The van der Waals surface area contributed by atoms with Gasteiger partial charge >= 0.3 is 7.60 Å². The van der Waals surface area contributed by atoms with Crippen molar-refractivity contribution in [2.75, 3.05) is 18.5 Å². The van der Waals surface area contributed by atoms with E-state index in [0.29, 0.717) is 30.5 Å². The lowest BCUT2D eigenvalue weighted by Gasteiger charge is -2.06. The fourth-order valence-corrected chi connectivity index (χ4v) is 2.39. The van der Waals surface area contributed by atoms with Gasteiger partial charge in [-0.15, -0.1) is 0 Å². The second-order valence-electron chi connectivity index (χ2n) is 4.47. The first kappa shape index (κ1) is 15.6. The molecular weight excluding hydrogens is 301 g/mol. The molecule has 0 saturated heterocycles. The number of aromatic amines is 1. The lowest BCUT2D eigenvalue weighted by atomic mass is 10.4. The Kier molecular flexibility index (Phi) is 4.73. The van der Waals surface area contributed by atoms with Crippen molar-refractivity contribution in [1.82, 2.24) is 19.7 Å². The minimum Gasteiger partial charge on any atom is -0.369 e. The summed E-state index contributed by atoms with van der Waals surface area (Å²) in [7, 11) is -3.94. The summed E-state index contributed by atoms with van der Waals surface area (Å²) in [5.74, 6) is -0.00380. The first-order valence-electron chi connectivity index (χ1n) is 6.20. The van der Waals surface area contributed by atoms with Crippen LogP contribution in [0.15, 0.2) is 11.0 Å². The lowest BCUT2D eigenvalue weighted by Crippen LogP contribution is -2.13. The van der Waals surface area contributed by atoms with Crippen LogP contribution in [0, 0.1) is 0 Å². The quantitative estimate of drug-likeness (QED) is 0.398. The maximum atomic E-state index is 11.6. The first-order valence-corrected chi connectivity index (χ1v) is 8.00. The maximum Gasteiger partial charge on any atom is 0.325 e. The van der Waals surface area contributed by atoms with E-state index >= 15 is 0 Å². The average molecular weight is 317 g/mol. The predicted molar refractivity (Wildman–Crippen MR) is 74.7 cm³/mol. The summed E-state index contributed by atoms with van der Waals surface area (Å²) in [5.41, 5.74) is 5.42. The Bertz CT molecular complexity index is 720. The van der Waals surface area contributed by atoms with E-state index in [-0.39, 0.29) is 24.4 Å². The maximum absolute atomic E-state index is 11.6. The Balaban J connectivity index is 1.87. The fraction of sp³-hybridized carbons (Fsp3) is 0.500. The summed E-state index contributed by atoms with van der Waals surface area (Å²) in [6.07, 6.45) is 2.10. The molecule has 0 fully saturated rings. The van der Waals surface area contributed by atoms with Crippen molar-refractivity contribution < 1.29 is 19.1 Å². The molecule has 2 rings (SSSR count). The number of ether oxygens (including phenoxy) is 1. The van der Waals surface area contributed by atoms with Crippen LogP contribution in [0.1, 0.15) is 12.8 Å². The van der Waals surface area contributed by atoms with Gasteiger partial charge in [0.2, 0.25) is 5.95 Å². The Morgan fingerprint density at radius 2 is 2.19 bits per heavy atom. The highest BCUT2D eigenvalue weighted by molar-refractivity contribution is 7.51. The third-order valence-corrected chi connectivity index (χ3v) is 3.62. The molecule has 5 N–H and O–H groups in total. The number of nitrogens with zero attached hydrogens (tertiary/aromatic N) is 3. The number of H-pyrrole nitrogens is 1. The summed E-state index contributed by atoms with van der Waals surface area (Å²) >= 11 is 0. The number of rotatable bonds is 7. The Hall–Kier alpha value is -1.74. The summed E-state index contributed by atoms with van der Waals surface area (Å²) in [6.45, 7) is 0.398. The molecule has 2 aromatic rings. The van der Waals surface area contributed by atoms with Gasteiger partial charge in [0.15, 0.2) is 5.65 Å². The molecule has 116 valence electrons. The van der Waals surface area contributed by atoms with E-state index < -0.39 is 7.60 Å². The predicted octanol–water partition coefficient (Wildman–Crippen LogP) is -0.366. The molecule has 10 nitrogen and oxygen atoms in total. The molecule has 0 aliphatic rings. The van der Waals surface area contributed by atoms with Crippen LogP contribution in [0.5, 0.6) is 0 Å². The van der Waals surface area contributed by atoms with Crippen LogP contribution < -0.4 is 11.3 Å². The van der Waals surface area contributed by atoms with E-state index in [1.807, 2.05) is 0 Å². The number of hydrogen-bond donors (Lipinski definition) is 4. The molecule has 0 spiro atoms. The number of nitrogens with two attached hydrogens (primary N) is 1. The SMILES string of the molecule is Nc1nc2c(cnn2COCCCCP(=O)(O)O)c(=O)[nH]1. The van der Waals surface area contributed by atoms with E-state index in [1.54, 1.807) is 0 Å². The standard InChI is InChI=1S/C10H16N5O5P/c11-10-13-8-7(9(16)14-10)5-12-15(8)6-20-3-1-2-4-21(17,18)19/h5H,1-4,6H2,(H2,17,18,19)(H3,11,13,14,16). The fourth-order valence-electron chi connectivity index (χ4n) is 1.75. The van der Waals surface area contributed by atoms with Gasteiger partial charge in [0.05, 0.1) is 6.20 Å². The van der Waals surface area contributed by atoms with Gasteiger partial charge in [-0.25, -0.2) is 4.68 Å². The zero-order chi connectivity index (χ0) is 15.5. The van der Waals surface area contributed by atoms with Gasteiger partial charge in [-0.3, -0.25) is 14.3 Å². The number of hydrogen-bond acceptors (Lipinski definition) is 6. The van der Waals surface area contributed by atoms with Gasteiger partial charge in [-0.2, -0.15) is 10.1 Å². The monoisotopic (exact) mass is 317 g/mol. The van der Waals surface area contributed by atoms with E-state index in [0.717, 1.165) is 0 Å². The van der Waals surface area contributed by atoms with Crippen molar-refractivity contribution in [2.24, 2.45) is 0 Å². The Labute approximate surface area is 119 Å². The molecule has 0 bridgehead atoms. The van der Waals surface area contributed by atoms with Gasteiger partial charge in [-0.05, 0) is 12.8 Å².